The maximum atomic E-state index is 11.9. The van der Waals surface area contributed by atoms with Crippen LogP contribution in [-0.2, 0) is 4.79 Å². The van der Waals surface area contributed by atoms with Crippen molar-refractivity contribution in [2.75, 3.05) is 13.6 Å². The van der Waals surface area contributed by atoms with Gasteiger partial charge < -0.3 is 15.0 Å². The van der Waals surface area contributed by atoms with Crippen LogP contribution in [0.15, 0.2) is 40.5 Å². The van der Waals surface area contributed by atoms with Gasteiger partial charge in [0.25, 0.3) is 0 Å². The molecular weight excluding hydrogens is 316 g/mol. The van der Waals surface area contributed by atoms with Crippen LogP contribution in [0.2, 0.25) is 0 Å². The van der Waals surface area contributed by atoms with Crippen LogP contribution in [0.1, 0.15) is 0 Å². The fraction of sp³-hybridized carbons (Fsp3) is 0.167. The second-order valence-corrected chi connectivity index (χ2v) is 5.07. The molecule has 0 aliphatic carbocycles. The second kappa shape index (κ2) is 5.49. The summed E-state index contributed by atoms with van der Waals surface area (Å²) in [6.07, 6.45) is 1.68. The van der Waals surface area contributed by atoms with E-state index in [4.69, 9.17) is 17.0 Å². The van der Waals surface area contributed by atoms with Crippen molar-refractivity contribution >= 4 is 39.2 Å². The third kappa shape index (κ3) is 3.08. The fourth-order valence-corrected chi connectivity index (χ4v) is 1.82. The van der Waals surface area contributed by atoms with Crippen molar-refractivity contribution < 1.29 is 9.53 Å². The zero-order valence-electron chi connectivity index (χ0n) is 9.64. The van der Waals surface area contributed by atoms with E-state index < -0.39 is 0 Å². The zero-order valence-corrected chi connectivity index (χ0v) is 12.0. The molecule has 1 aromatic carbocycles. The molecule has 1 N–H and O–H groups in total. The Morgan fingerprint density at radius 1 is 1.44 bits per heavy atom. The lowest BCUT2D eigenvalue weighted by molar-refractivity contribution is -0.130. The number of ether oxygens (including phenoxy) is 1. The minimum atomic E-state index is -0.376. The summed E-state index contributed by atoms with van der Waals surface area (Å²) in [4.78, 5) is 13.6. The number of hydrogen-bond acceptors (Lipinski definition) is 3. The Labute approximate surface area is 119 Å². The highest BCUT2D eigenvalue weighted by Crippen LogP contribution is 2.17. The van der Waals surface area contributed by atoms with Gasteiger partial charge in [-0.25, -0.2) is 4.79 Å². The summed E-state index contributed by atoms with van der Waals surface area (Å²) in [6.45, 7) is 0.387. The molecule has 4 nitrogen and oxygen atoms in total. The van der Waals surface area contributed by atoms with E-state index in [1.807, 2.05) is 12.1 Å². The van der Waals surface area contributed by atoms with Crippen LogP contribution in [-0.4, -0.2) is 29.6 Å². The highest BCUT2D eigenvalue weighted by molar-refractivity contribution is 9.10. The van der Waals surface area contributed by atoms with Crippen LogP contribution in [0, 0.1) is 0 Å². The van der Waals surface area contributed by atoms with Crippen molar-refractivity contribution in [3.8, 4) is 5.75 Å². The van der Waals surface area contributed by atoms with Gasteiger partial charge >= 0.3 is 5.97 Å². The van der Waals surface area contributed by atoms with Crippen LogP contribution in [0.3, 0.4) is 0 Å². The molecule has 1 heterocycles. The Kier molecular flexibility index (Phi) is 3.98. The molecule has 0 aromatic heterocycles. The molecule has 0 saturated carbocycles. The van der Waals surface area contributed by atoms with Gasteiger partial charge in [-0.2, -0.15) is 0 Å². The van der Waals surface area contributed by atoms with Gasteiger partial charge in [0.05, 0.1) is 12.1 Å². The quantitative estimate of drug-likeness (QED) is 0.512. The summed E-state index contributed by atoms with van der Waals surface area (Å²) in [5.74, 6) is 0.138. The van der Waals surface area contributed by atoms with Crippen molar-refractivity contribution in [1.82, 2.24) is 10.2 Å². The summed E-state index contributed by atoms with van der Waals surface area (Å²) in [7, 11) is 1.78. The van der Waals surface area contributed by atoms with Gasteiger partial charge in [-0.05, 0) is 36.5 Å². The number of esters is 1. The highest BCUT2D eigenvalue weighted by atomic mass is 79.9. The van der Waals surface area contributed by atoms with Crippen molar-refractivity contribution in [3.05, 3.63) is 40.5 Å². The first-order chi connectivity index (χ1) is 8.56. The van der Waals surface area contributed by atoms with E-state index in [9.17, 15) is 4.79 Å². The molecule has 0 fully saturated rings. The molecule has 18 heavy (non-hydrogen) atoms. The maximum absolute atomic E-state index is 11.9. The fourth-order valence-electron chi connectivity index (χ4n) is 1.43. The predicted octanol–water partition coefficient (Wildman–Crippen LogP) is 2.06. The lowest BCUT2D eigenvalue weighted by Crippen LogP contribution is -2.41. The SMILES string of the molecule is CN1C=C(C(=O)Oc2ccc(Br)cc2)CNC1=S. The first kappa shape index (κ1) is 13.0. The van der Waals surface area contributed by atoms with Crippen molar-refractivity contribution in [3.63, 3.8) is 0 Å². The number of halogens is 1. The molecule has 0 bridgehead atoms. The molecule has 6 heteroatoms. The molecule has 94 valence electrons. The lowest BCUT2D eigenvalue weighted by Gasteiger charge is -2.23. The molecule has 0 unspecified atom stereocenters. The predicted molar refractivity (Wildman–Crippen MR) is 76.2 cm³/mol. The molecule has 0 atom stereocenters. The van der Waals surface area contributed by atoms with E-state index in [1.54, 1.807) is 30.3 Å². The van der Waals surface area contributed by atoms with Crippen molar-refractivity contribution in [1.29, 1.82) is 0 Å². The number of nitrogens with zero attached hydrogens (tertiary/aromatic N) is 1. The van der Waals surface area contributed by atoms with Gasteiger partial charge in [-0.3, -0.25) is 0 Å². The first-order valence-electron chi connectivity index (χ1n) is 5.25. The van der Waals surface area contributed by atoms with E-state index in [2.05, 4.69) is 21.2 Å². The highest BCUT2D eigenvalue weighted by Gasteiger charge is 2.18. The monoisotopic (exact) mass is 326 g/mol. The average molecular weight is 327 g/mol. The van der Waals surface area contributed by atoms with E-state index in [-0.39, 0.29) is 5.97 Å². The smallest absolute Gasteiger partial charge is 0.342 e. The third-order valence-electron chi connectivity index (χ3n) is 2.39. The Balaban J connectivity index is 2.06. The molecule has 1 aromatic rings. The Morgan fingerprint density at radius 3 is 2.72 bits per heavy atom. The summed E-state index contributed by atoms with van der Waals surface area (Å²) in [5, 5.41) is 3.53. The van der Waals surface area contributed by atoms with Crippen LogP contribution in [0.4, 0.5) is 0 Å². The standard InChI is InChI=1S/C12H11BrN2O2S/c1-15-7-8(6-14-12(15)18)11(16)17-10-4-2-9(13)3-5-10/h2-5,7H,6H2,1H3,(H,14,18). The van der Waals surface area contributed by atoms with Gasteiger partial charge in [0, 0.05) is 17.7 Å². The van der Waals surface area contributed by atoms with Crippen LogP contribution < -0.4 is 10.1 Å². The third-order valence-corrected chi connectivity index (χ3v) is 3.35. The second-order valence-electron chi connectivity index (χ2n) is 3.77. The van der Waals surface area contributed by atoms with E-state index >= 15 is 0 Å². The number of thiocarbonyl (C=S) groups is 1. The summed E-state index contributed by atoms with van der Waals surface area (Å²) < 4.78 is 6.19. The number of carbonyl (C=O) groups excluding carboxylic acids is 1. The number of rotatable bonds is 2. The van der Waals surface area contributed by atoms with Gasteiger partial charge in [0.1, 0.15) is 5.75 Å². The normalized spacial score (nSPS) is 14.9. The topological polar surface area (TPSA) is 41.6 Å². The largest absolute Gasteiger partial charge is 0.423 e. The van der Waals surface area contributed by atoms with Gasteiger partial charge in [-0.15, -0.1) is 0 Å². The van der Waals surface area contributed by atoms with Crippen molar-refractivity contribution in [2.24, 2.45) is 0 Å². The minimum Gasteiger partial charge on any atom is -0.423 e. The average Bonchev–Trinajstić information content (AvgIpc) is 2.35. The Morgan fingerprint density at radius 2 is 2.11 bits per heavy atom. The minimum absolute atomic E-state index is 0.376. The molecule has 0 saturated heterocycles. The molecule has 0 amide bonds. The van der Waals surface area contributed by atoms with E-state index in [1.165, 1.54) is 0 Å². The number of nitrogens with one attached hydrogen (secondary N) is 1. The molecule has 0 spiro atoms. The number of hydrogen-bond donors (Lipinski definition) is 1. The first-order valence-corrected chi connectivity index (χ1v) is 6.45. The number of benzene rings is 1. The summed E-state index contributed by atoms with van der Waals surface area (Å²) >= 11 is 8.34. The van der Waals surface area contributed by atoms with Crippen molar-refractivity contribution in [2.45, 2.75) is 0 Å². The molecule has 1 aliphatic rings. The molecule has 1 aliphatic heterocycles. The van der Waals surface area contributed by atoms with Gasteiger partial charge in [-0.1, -0.05) is 15.9 Å². The van der Waals surface area contributed by atoms with Gasteiger partial charge in [0.15, 0.2) is 5.11 Å². The Bertz CT molecular complexity index is 513. The Hall–Kier alpha value is -1.40. The van der Waals surface area contributed by atoms with Crippen LogP contribution in [0.25, 0.3) is 0 Å². The van der Waals surface area contributed by atoms with Crippen LogP contribution in [0.5, 0.6) is 5.75 Å². The summed E-state index contributed by atoms with van der Waals surface area (Å²) in [5.41, 5.74) is 0.536. The van der Waals surface area contributed by atoms with E-state index in [0.29, 0.717) is 23.0 Å². The molecule has 0 radical (unpaired) electrons. The number of carbonyl (C=O) groups is 1. The molecule has 2 rings (SSSR count). The lowest BCUT2D eigenvalue weighted by atomic mass is 10.2. The zero-order chi connectivity index (χ0) is 13.1. The summed E-state index contributed by atoms with van der Waals surface area (Å²) in [6, 6.07) is 7.09. The van der Waals surface area contributed by atoms with Crippen LogP contribution >= 0.6 is 28.1 Å². The van der Waals surface area contributed by atoms with E-state index in [0.717, 1.165) is 4.47 Å². The molecular formula is C12H11BrN2O2S. The van der Waals surface area contributed by atoms with Gasteiger partial charge in [0.2, 0.25) is 0 Å². The maximum Gasteiger partial charge on any atom is 0.342 e.